The third-order valence-corrected chi connectivity index (χ3v) is 2.42. The predicted octanol–water partition coefficient (Wildman–Crippen LogP) is 1.65. The van der Waals surface area contributed by atoms with Gasteiger partial charge in [-0.2, -0.15) is 5.10 Å². The van der Waals surface area contributed by atoms with Crippen LogP contribution in [0.2, 0.25) is 0 Å². The highest BCUT2D eigenvalue weighted by Gasteiger charge is 1.97. The van der Waals surface area contributed by atoms with Crippen LogP contribution in [0.4, 0.5) is 5.95 Å². The fourth-order valence-electron chi connectivity index (χ4n) is 1.44. The van der Waals surface area contributed by atoms with Gasteiger partial charge in [0.25, 0.3) is 5.56 Å². The van der Waals surface area contributed by atoms with E-state index in [4.69, 9.17) is 4.74 Å². The van der Waals surface area contributed by atoms with Gasteiger partial charge in [0.2, 0.25) is 5.95 Å². The Morgan fingerprint density at radius 2 is 2.14 bits per heavy atom. The highest BCUT2D eigenvalue weighted by Crippen LogP contribution is 2.12. The summed E-state index contributed by atoms with van der Waals surface area (Å²) in [4.78, 5) is 13.5. The molecule has 0 radical (unpaired) electrons. The fraction of sp³-hybridized carbons (Fsp3) is 0.286. The van der Waals surface area contributed by atoms with Gasteiger partial charge in [-0.05, 0) is 35.7 Å². The Balaban J connectivity index is 1.90. The summed E-state index contributed by atoms with van der Waals surface area (Å²) in [6, 6.07) is 7.54. The quantitative estimate of drug-likeness (QED) is 0.622. The molecule has 1 aromatic heterocycles. The Labute approximate surface area is 122 Å². The number of nitrogens with one attached hydrogen (secondary N) is 2. The van der Waals surface area contributed by atoms with Crippen LogP contribution in [-0.4, -0.2) is 28.0 Å². The molecule has 0 fully saturated rings. The van der Waals surface area contributed by atoms with Crippen molar-refractivity contribution in [2.24, 2.45) is 11.0 Å². The summed E-state index contributed by atoms with van der Waals surface area (Å²) in [5, 5.41) is 11.2. The molecule has 110 valence electrons. The maximum atomic E-state index is 11.0. The number of hydrogen-bond acceptors (Lipinski definition) is 6. The Kier molecular flexibility index (Phi) is 5.03. The normalized spacial score (nSPS) is 11.0. The van der Waals surface area contributed by atoms with Crippen molar-refractivity contribution in [3.63, 3.8) is 0 Å². The molecule has 2 aromatic rings. The van der Waals surface area contributed by atoms with Crippen molar-refractivity contribution in [1.29, 1.82) is 0 Å². The lowest BCUT2D eigenvalue weighted by Crippen LogP contribution is -2.10. The average molecular weight is 287 g/mol. The molecule has 0 atom stereocenters. The number of nitrogens with zero attached hydrogens (tertiary/aromatic N) is 3. The Hall–Kier alpha value is -2.70. The number of rotatable bonds is 6. The SMILES string of the molecule is CC(C)COc1ccc(/C=N/Nc2nncc(=O)[nH]2)cc1. The van der Waals surface area contributed by atoms with Crippen molar-refractivity contribution >= 4 is 12.2 Å². The number of aromatic amines is 1. The van der Waals surface area contributed by atoms with Crippen LogP contribution in [-0.2, 0) is 0 Å². The van der Waals surface area contributed by atoms with Crippen LogP contribution < -0.4 is 15.7 Å². The van der Waals surface area contributed by atoms with Gasteiger partial charge in [-0.25, -0.2) is 5.43 Å². The largest absolute Gasteiger partial charge is 0.493 e. The number of anilines is 1. The standard InChI is InChI=1S/C14H17N5O2/c1-10(2)9-21-12-5-3-11(4-6-12)7-15-18-14-17-13(20)8-16-19-14/h3-8,10H,9H2,1-2H3,(H2,17,18,19,20)/b15-7+. The lowest BCUT2D eigenvalue weighted by atomic mass is 10.2. The smallest absolute Gasteiger partial charge is 0.271 e. The minimum atomic E-state index is -0.339. The second-order valence-corrected chi connectivity index (χ2v) is 4.83. The molecular weight excluding hydrogens is 270 g/mol. The first kappa shape index (κ1) is 14.7. The first-order chi connectivity index (χ1) is 10.1. The highest BCUT2D eigenvalue weighted by molar-refractivity contribution is 5.80. The molecule has 1 heterocycles. The van der Waals surface area contributed by atoms with E-state index in [2.05, 4.69) is 39.6 Å². The van der Waals surface area contributed by atoms with Crippen molar-refractivity contribution < 1.29 is 4.74 Å². The van der Waals surface area contributed by atoms with Crippen molar-refractivity contribution in [2.75, 3.05) is 12.0 Å². The first-order valence-electron chi connectivity index (χ1n) is 6.57. The van der Waals surface area contributed by atoms with E-state index in [1.807, 2.05) is 24.3 Å². The maximum Gasteiger partial charge on any atom is 0.271 e. The molecule has 0 saturated heterocycles. The molecule has 0 aliphatic heterocycles. The molecule has 0 aliphatic carbocycles. The van der Waals surface area contributed by atoms with Gasteiger partial charge in [0, 0.05) is 0 Å². The zero-order valence-corrected chi connectivity index (χ0v) is 11.9. The molecular formula is C14H17N5O2. The predicted molar refractivity (Wildman–Crippen MR) is 80.6 cm³/mol. The van der Waals surface area contributed by atoms with Crippen LogP contribution in [0.5, 0.6) is 5.75 Å². The summed E-state index contributed by atoms with van der Waals surface area (Å²) < 4.78 is 5.59. The summed E-state index contributed by atoms with van der Waals surface area (Å²) in [6.07, 6.45) is 2.70. The monoisotopic (exact) mass is 287 g/mol. The van der Waals surface area contributed by atoms with Crippen LogP contribution >= 0.6 is 0 Å². The third kappa shape index (κ3) is 5.06. The molecule has 0 bridgehead atoms. The van der Waals surface area contributed by atoms with Crippen LogP contribution in [0, 0.1) is 5.92 Å². The van der Waals surface area contributed by atoms with Crippen LogP contribution in [0.15, 0.2) is 40.4 Å². The van der Waals surface area contributed by atoms with Gasteiger partial charge in [-0.1, -0.05) is 13.8 Å². The summed E-state index contributed by atoms with van der Waals surface area (Å²) in [7, 11) is 0. The van der Waals surface area contributed by atoms with Gasteiger partial charge in [-0.3, -0.25) is 9.78 Å². The molecule has 2 rings (SSSR count). The number of hydrazone groups is 1. The van der Waals surface area contributed by atoms with Gasteiger partial charge >= 0.3 is 0 Å². The van der Waals surface area contributed by atoms with Gasteiger partial charge in [0.15, 0.2) is 0 Å². The summed E-state index contributed by atoms with van der Waals surface area (Å²) in [5.41, 5.74) is 3.15. The Bertz CT molecular complexity index is 649. The second-order valence-electron chi connectivity index (χ2n) is 4.83. The Morgan fingerprint density at radius 3 is 2.81 bits per heavy atom. The van der Waals surface area contributed by atoms with E-state index in [1.54, 1.807) is 6.21 Å². The topological polar surface area (TPSA) is 92.3 Å². The number of ether oxygens (including phenoxy) is 1. The molecule has 0 amide bonds. The molecule has 0 saturated carbocycles. The second kappa shape index (κ2) is 7.18. The average Bonchev–Trinajstić information content (AvgIpc) is 2.46. The van der Waals surface area contributed by atoms with E-state index in [0.29, 0.717) is 12.5 Å². The van der Waals surface area contributed by atoms with Crippen molar-refractivity contribution in [3.05, 3.63) is 46.4 Å². The molecule has 2 N–H and O–H groups in total. The van der Waals surface area contributed by atoms with Gasteiger partial charge in [0.1, 0.15) is 11.9 Å². The molecule has 0 spiro atoms. The van der Waals surface area contributed by atoms with E-state index in [0.717, 1.165) is 17.5 Å². The van der Waals surface area contributed by atoms with E-state index >= 15 is 0 Å². The third-order valence-electron chi connectivity index (χ3n) is 2.42. The molecule has 0 unspecified atom stereocenters. The maximum absolute atomic E-state index is 11.0. The lowest BCUT2D eigenvalue weighted by Gasteiger charge is -2.08. The fourth-order valence-corrected chi connectivity index (χ4v) is 1.44. The summed E-state index contributed by atoms with van der Waals surface area (Å²) in [5.74, 6) is 1.51. The van der Waals surface area contributed by atoms with Crippen molar-refractivity contribution in [2.45, 2.75) is 13.8 Å². The van der Waals surface area contributed by atoms with Gasteiger partial charge in [-0.15, -0.1) is 10.2 Å². The van der Waals surface area contributed by atoms with Crippen LogP contribution in [0.25, 0.3) is 0 Å². The minimum absolute atomic E-state index is 0.190. The minimum Gasteiger partial charge on any atom is -0.493 e. The van der Waals surface area contributed by atoms with Gasteiger partial charge in [0.05, 0.1) is 12.8 Å². The lowest BCUT2D eigenvalue weighted by molar-refractivity contribution is 0.271. The number of hydrogen-bond donors (Lipinski definition) is 2. The van der Waals surface area contributed by atoms with E-state index in [9.17, 15) is 4.79 Å². The number of benzene rings is 1. The van der Waals surface area contributed by atoms with Crippen LogP contribution in [0.3, 0.4) is 0 Å². The van der Waals surface area contributed by atoms with Crippen molar-refractivity contribution in [3.8, 4) is 5.75 Å². The van der Waals surface area contributed by atoms with E-state index < -0.39 is 0 Å². The zero-order valence-electron chi connectivity index (χ0n) is 11.9. The molecule has 21 heavy (non-hydrogen) atoms. The highest BCUT2D eigenvalue weighted by atomic mass is 16.5. The van der Waals surface area contributed by atoms with Gasteiger partial charge < -0.3 is 4.74 Å². The summed E-state index contributed by atoms with van der Waals surface area (Å²) in [6.45, 7) is 4.89. The molecule has 1 aromatic carbocycles. The number of aromatic nitrogens is 3. The molecule has 7 nitrogen and oxygen atoms in total. The molecule has 7 heteroatoms. The molecule has 0 aliphatic rings. The van der Waals surface area contributed by atoms with E-state index in [1.165, 1.54) is 0 Å². The van der Waals surface area contributed by atoms with E-state index in [-0.39, 0.29) is 11.5 Å². The van der Waals surface area contributed by atoms with Crippen LogP contribution in [0.1, 0.15) is 19.4 Å². The first-order valence-corrected chi connectivity index (χ1v) is 6.57. The summed E-state index contributed by atoms with van der Waals surface area (Å²) >= 11 is 0. The zero-order chi connectivity index (χ0) is 15.1. The Morgan fingerprint density at radius 1 is 1.38 bits per heavy atom. The van der Waals surface area contributed by atoms with Crippen molar-refractivity contribution in [1.82, 2.24) is 15.2 Å². The number of H-pyrrole nitrogens is 1.